The van der Waals surface area contributed by atoms with Crippen LogP contribution in [0.25, 0.3) is 21.8 Å². The molecule has 0 radical (unpaired) electrons. The lowest BCUT2D eigenvalue weighted by atomic mass is 9.46. The molecule has 0 bridgehead atoms. The van der Waals surface area contributed by atoms with Gasteiger partial charge in [0.2, 0.25) is 17.7 Å². The summed E-state index contributed by atoms with van der Waals surface area (Å²) >= 11 is 0. The number of fused-ring (bicyclic) bond motifs is 8. The predicted molar refractivity (Wildman–Crippen MR) is 305 cm³/mol. The van der Waals surface area contributed by atoms with Gasteiger partial charge < -0.3 is 57.9 Å². The minimum atomic E-state index is -1.06. The number of ether oxygens (including phenoxy) is 5. The molecule has 19 nitrogen and oxygen atoms in total. The van der Waals surface area contributed by atoms with Crippen molar-refractivity contribution in [1.29, 1.82) is 0 Å². The molecule has 9 aliphatic rings. The van der Waals surface area contributed by atoms with Crippen molar-refractivity contribution in [3.63, 3.8) is 0 Å². The first-order valence-electron chi connectivity index (χ1n) is 29.9. The average Bonchev–Trinajstić information content (AvgIpc) is 1.32. The molecule has 21 heteroatoms. The number of Topliss-reactive ketones (excluding diaryl/α,β-unsaturated/α-hetero) is 1. The lowest BCUT2D eigenvalue weighted by molar-refractivity contribution is -0.141. The molecule has 3 saturated heterocycles. The largest absolute Gasteiger partial charge is 0.492 e. The fraction of sp³-hybridized carbons (Fsp3) is 0.571. The number of carbonyl (C=O) groups excluding carboxylic acids is 5. The number of aliphatic hydroxyl groups excluding tert-OH is 1. The molecule has 4 aromatic rings. The third-order valence-corrected chi connectivity index (χ3v) is 20.8. The molecule has 2 N–H and O–H groups in total. The maximum absolute atomic E-state index is 16.7. The third-order valence-electron chi connectivity index (χ3n) is 20.8. The summed E-state index contributed by atoms with van der Waals surface area (Å²) in [6.45, 7) is 6.86. The second-order valence-electron chi connectivity index (χ2n) is 25.6. The van der Waals surface area contributed by atoms with Gasteiger partial charge in [0, 0.05) is 86.5 Å². The Morgan fingerprint density at radius 2 is 1.39 bits per heavy atom. The molecule has 3 aliphatic heterocycles. The van der Waals surface area contributed by atoms with E-state index in [4.69, 9.17) is 23.7 Å². The number of anilines is 2. The number of aromatic nitrogens is 2. The molecule has 2 aromatic carbocycles. The van der Waals surface area contributed by atoms with Crippen LogP contribution in [-0.4, -0.2) is 134 Å². The molecular weight excluding hydrogens is 1090 g/mol. The molecule has 8 fully saturated rings. The SMILES string of the molecule is COc1c(N2CC3CCCNC3C2)c(F)cc2c(=O)c(C(=O)OCOC(=O)N3CCN(c4c(F)cc5c(=O)c(C(=O)OCC(=O)C6CCC7C8CCC9=CC(=O)C=CC9(C)C8C(O)CC67C)cn(C6CC6)c5c4OC)CC3C)cn(C3CC3)c12. The Morgan fingerprint density at radius 1 is 0.762 bits per heavy atom. The Balaban J connectivity index is 0.668. The van der Waals surface area contributed by atoms with Gasteiger partial charge in [-0.2, -0.15) is 0 Å². The van der Waals surface area contributed by atoms with Gasteiger partial charge in [0.25, 0.3) is 0 Å². The Hall–Kier alpha value is -7.13. The van der Waals surface area contributed by atoms with E-state index in [2.05, 4.69) is 19.2 Å². The van der Waals surface area contributed by atoms with Crippen molar-refractivity contribution in [3.05, 3.63) is 91.5 Å². The number of methoxy groups -OCH3 is 2. The molecular formula is C63H72F2N6O13. The Bertz CT molecular complexity index is 3630. The molecule has 84 heavy (non-hydrogen) atoms. The first-order chi connectivity index (χ1) is 40.3. The van der Waals surface area contributed by atoms with Gasteiger partial charge in [-0.15, -0.1) is 0 Å². The smallest absolute Gasteiger partial charge is 0.413 e. The van der Waals surface area contributed by atoms with Crippen molar-refractivity contribution in [2.75, 3.05) is 76.7 Å². The number of hydrogen-bond donors (Lipinski definition) is 2. The number of hydrogen-bond acceptors (Lipinski definition) is 16. The predicted octanol–water partition coefficient (Wildman–Crippen LogP) is 7.55. The quantitative estimate of drug-likeness (QED) is 0.0976. The molecule has 13 rings (SSSR count). The van der Waals surface area contributed by atoms with E-state index in [1.165, 1.54) is 37.6 Å². The topological polar surface area (TPSA) is 217 Å². The van der Waals surface area contributed by atoms with E-state index in [1.807, 2.05) is 11.0 Å². The van der Waals surface area contributed by atoms with Crippen LogP contribution in [0, 0.1) is 52.1 Å². The number of pyridine rings is 2. The van der Waals surface area contributed by atoms with Crippen molar-refractivity contribution in [3.8, 4) is 11.5 Å². The van der Waals surface area contributed by atoms with Crippen LogP contribution in [0.3, 0.4) is 0 Å². The second kappa shape index (κ2) is 21.1. The third kappa shape index (κ3) is 9.19. The maximum Gasteiger partial charge on any atom is 0.413 e. The summed E-state index contributed by atoms with van der Waals surface area (Å²) in [5.41, 5.74) is -1.18. The summed E-state index contributed by atoms with van der Waals surface area (Å²) < 4.78 is 64.8. The number of piperazine rings is 1. The van der Waals surface area contributed by atoms with Crippen LogP contribution in [0.4, 0.5) is 25.0 Å². The van der Waals surface area contributed by atoms with Crippen LogP contribution in [0.2, 0.25) is 0 Å². The van der Waals surface area contributed by atoms with Crippen molar-refractivity contribution in [1.82, 2.24) is 19.4 Å². The number of amides is 1. The van der Waals surface area contributed by atoms with Crippen LogP contribution in [-0.2, 0) is 23.8 Å². The van der Waals surface area contributed by atoms with Crippen molar-refractivity contribution < 1.29 is 61.5 Å². The number of nitrogens with one attached hydrogen (secondary N) is 1. The monoisotopic (exact) mass is 1160 g/mol. The van der Waals surface area contributed by atoms with Crippen LogP contribution < -0.4 is 35.4 Å². The van der Waals surface area contributed by atoms with Crippen LogP contribution in [0.5, 0.6) is 11.5 Å². The molecule has 5 saturated carbocycles. The standard InChI is InChI=1S/C63H72F2N6O13/c1-32-25-67(19-20-69(32)61(79)84-31-83-60(78)42-28-71(36-11-12-36)52-40(56(42)76)23-46(65)54(58(52)81-5)68-26-33-7-6-18-66-47(33)29-68)53-45(64)22-39-51(57(53)80-4)70(35-9-10-35)27-41(55(39)75)59(77)82-30-49(74)44-15-14-43-38-13-8-34-21-37(72)16-17-62(34,2)50(38)48(73)24-63(43,44)3/h16-17,21-23,27-28,32-33,35-36,38,43-44,47-48,50,66,73H,6-15,18-20,24-26,29-31H2,1-5H3. The summed E-state index contributed by atoms with van der Waals surface area (Å²) in [5.74, 6) is -3.47. The molecule has 10 unspecified atom stereocenters. The number of allylic oxidation sites excluding steroid dienone is 4. The van der Waals surface area contributed by atoms with E-state index in [0.29, 0.717) is 50.2 Å². The zero-order valence-electron chi connectivity index (χ0n) is 48.1. The van der Waals surface area contributed by atoms with Gasteiger partial charge in [-0.05, 0) is 132 Å². The van der Waals surface area contributed by atoms with E-state index in [0.717, 1.165) is 63.1 Å². The average molecular weight is 1160 g/mol. The fourth-order valence-corrected chi connectivity index (χ4v) is 16.6. The van der Waals surface area contributed by atoms with Gasteiger partial charge in [0.05, 0.1) is 42.1 Å². The zero-order chi connectivity index (χ0) is 58.8. The van der Waals surface area contributed by atoms with E-state index in [-0.39, 0.29) is 117 Å². The van der Waals surface area contributed by atoms with Gasteiger partial charge in [-0.3, -0.25) is 19.2 Å². The van der Waals surface area contributed by atoms with E-state index in [1.54, 1.807) is 33.1 Å². The van der Waals surface area contributed by atoms with Gasteiger partial charge in [-0.1, -0.05) is 25.5 Å². The number of aliphatic hydroxyl groups is 1. The fourth-order valence-electron chi connectivity index (χ4n) is 16.6. The summed E-state index contributed by atoms with van der Waals surface area (Å²) in [7, 11) is 2.81. The number of esters is 2. The minimum absolute atomic E-state index is 0.0317. The highest BCUT2D eigenvalue weighted by molar-refractivity contribution is 6.02. The first-order valence-corrected chi connectivity index (χ1v) is 29.9. The molecule has 446 valence electrons. The second-order valence-corrected chi connectivity index (χ2v) is 25.6. The highest BCUT2D eigenvalue weighted by Crippen LogP contribution is 2.66. The lowest BCUT2D eigenvalue weighted by Crippen LogP contribution is -2.56. The summed E-state index contributed by atoms with van der Waals surface area (Å²) in [4.78, 5) is 101. The number of halogens is 2. The van der Waals surface area contributed by atoms with Crippen molar-refractivity contribution >= 4 is 62.8 Å². The van der Waals surface area contributed by atoms with E-state index in [9.17, 15) is 38.7 Å². The summed E-state index contributed by atoms with van der Waals surface area (Å²) in [6.07, 6.45) is 14.9. The lowest BCUT2D eigenvalue weighted by Gasteiger charge is -2.58. The van der Waals surface area contributed by atoms with Gasteiger partial charge in [0.15, 0.2) is 41.3 Å². The Morgan fingerprint density at radius 3 is 2.00 bits per heavy atom. The number of nitrogens with zero attached hydrogens (tertiary/aromatic N) is 5. The van der Waals surface area contributed by atoms with Gasteiger partial charge >= 0.3 is 18.0 Å². The van der Waals surface area contributed by atoms with Crippen molar-refractivity contribution in [2.24, 2.45) is 40.4 Å². The molecule has 6 aliphatic carbocycles. The highest BCUT2D eigenvalue weighted by atomic mass is 19.1. The van der Waals surface area contributed by atoms with Crippen molar-refractivity contribution in [2.45, 2.75) is 122 Å². The van der Waals surface area contributed by atoms with Crippen LogP contribution >= 0.6 is 0 Å². The summed E-state index contributed by atoms with van der Waals surface area (Å²) in [5, 5.41) is 15.2. The Labute approximate surface area is 483 Å². The first kappa shape index (κ1) is 56.0. The van der Waals surface area contributed by atoms with Gasteiger partial charge in [0.1, 0.15) is 22.5 Å². The minimum Gasteiger partial charge on any atom is -0.492 e. The molecule has 10 atom stereocenters. The molecule has 2 aromatic heterocycles. The number of rotatable bonds is 13. The number of benzene rings is 2. The van der Waals surface area contributed by atoms with E-state index >= 15 is 8.78 Å². The molecule has 0 spiro atoms. The zero-order valence-corrected chi connectivity index (χ0v) is 48.1. The Kier molecular flexibility index (Phi) is 14.1. The highest BCUT2D eigenvalue weighted by Gasteiger charge is 2.62. The molecule has 5 heterocycles. The number of ketones is 2. The number of piperidine rings is 1. The van der Waals surface area contributed by atoms with E-state index < -0.39 is 82.8 Å². The maximum atomic E-state index is 16.7. The van der Waals surface area contributed by atoms with Crippen LogP contribution in [0.15, 0.2) is 57.9 Å². The molecule has 1 amide bonds. The normalized spacial score (nSPS) is 29.9. The van der Waals surface area contributed by atoms with Crippen LogP contribution in [0.1, 0.15) is 124 Å². The summed E-state index contributed by atoms with van der Waals surface area (Å²) in [6, 6.07) is 1.68. The number of carbonyl (C=O) groups is 5. The van der Waals surface area contributed by atoms with Gasteiger partial charge in [-0.25, -0.2) is 23.2 Å².